The highest BCUT2D eigenvalue weighted by Gasteiger charge is 2.18. The van der Waals surface area contributed by atoms with E-state index in [1.165, 1.54) is 0 Å². The van der Waals surface area contributed by atoms with E-state index in [1.807, 2.05) is 13.0 Å². The molecule has 0 radical (unpaired) electrons. The van der Waals surface area contributed by atoms with Crippen LogP contribution in [0.2, 0.25) is 0 Å². The number of carbonyl (C=O) groups excluding carboxylic acids is 1. The van der Waals surface area contributed by atoms with Gasteiger partial charge >= 0.3 is 5.97 Å². The van der Waals surface area contributed by atoms with Gasteiger partial charge in [0.1, 0.15) is 6.10 Å². The molecule has 1 fully saturated rings. The summed E-state index contributed by atoms with van der Waals surface area (Å²) in [6, 6.07) is 0. The van der Waals surface area contributed by atoms with E-state index in [2.05, 4.69) is 6.08 Å². The molecule has 0 spiro atoms. The Bertz CT molecular complexity index is 173. The summed E-state index contributed by atoms with van der Waals surface area (Å²) in [5.74, 6) is -0.0215. The van der Waals surface area contributed by atoms with Gasteiger partial charge in [0.2, 0.25) is 0 Å². The quantitative estimate of drug-likeness (QED) is 0.478. The second-order valence-corrected chi connectivity index (χ2v) is 3.15. The lowest BCUT2D eigenvalue weighted by atomic mass is 10.0. The SMILES string of the molecule is C/C=C/CCC1CCCC(=O)O1. The number of ether oxygens (including phenoxy) is 1. The van der Waals surface area contributed by atoms with Gasteiger partial charge in [-0.1, -0.05) is 12.2 Å². The Morgan fingerprint density at radius 1 is 1.67 bits per heavy atom. The first-order valence-corrected chi connectivity index (χ1v) is 4.63. The molecule has 1 rings (SSSR count). The number of hydrogen-bond donors (Lipinski definition) is 0. The standard InChI is InChI=1S/C10H16O2/c1-2-3-4-6-9-7-5-8-10(11)12-9/h2-3,9H,4-8H2,1H3/b3-2+. The Balaban J connectivity index is 2.18. The molecule has 0 aromatic rings. The van der Waals surface area contributed by atoms with Crippen molar-refractivity contribution in [1.82, 2.24) is 0 Å². The molecule has 12 heavy (non-hydrogen) atoms. The Labute approximate surface area is 73.6 Å². The van der Waals surface area contributed by atoms with Gasteiger partial charge in [-0.25, -0.2) is 0 Å². The molecule has 1 aliphatic rings. The lowest BCUT2D eigenvalue weighted by Crippen LogP contribution is -2.23. The molecule has 0 aromatic carbocycles. The van der Waals surface area contributed by atoms with Gasteiger partial charge in [0.15, 0.2) is 0 Å². The predicted molar refractivity (Wildman–Crippen MR) is 47.8 cm³/mol. The van der Waals surface area contributed by atoms with E-state index in [0.29, 0.717) is 6.42 Å². The van der Waals surface area contributed by atoms with Gasteiger partial charge in [-0.05, 0) is 32.6 Å². The number of allylic oxidation sites excluding steroid dienone is 2. The maximum absolute atomic E-state index is 10.9. The Morgan fingerprint density at radius 3 is 3.17 bits per heavy atom. The first-order valence-electron chi connectivity index (χ1n) is 4.63. The first kappa shape index (κ1) is 9.30. The van der Waals surface area contributed by atoms with Gasteiger partial charge in [0, 0.05) is 6.42 Å². The molecule has 1 saturated heterocycles. The fraction of sp³-hybridized carbons (Fsp3) is 0.700. The summed E-state index contributed by atoms with van der Waals surface area (Å²) in [6.45, 7) is 2.01. The van der Waals surface area contributed by atoms with Crippen LogP contribution >= 0.6 is 0 Å². The maximum Gasteiger partial charge on any atom is 0.306 e. The number of carbonyl (C=O) groups is 1. The zero-order valence-corrected chi connectivity index (χ0v) is 7.58. The molecule has 0 amide bonds. The molecule has 0 aliphatic carbocycles. The average Bonchev–Trinajstić information content (AvgIpc) is 2.05. The number of cyclic esters (lactones) is 1. The smallest absolute Gasteiger partial charge is 0.306 e. The molecule has 2 nitrogen and oxygen atoms in total. The van der Waals surface area contributed by atoms with Gasteiger partial charge in [0.25, 0.3) is 0 Å². The van der Waals surface area contributed by atoms with Crippen molar-refractivity contribution in [2.45, 2.75) is 45.1 Å². The van der Waals surface area contributed by atoms with Crippen molar-refractivity contribution in [1.29, 1.82) is 0 Å². The normalized spacial score (nSPS) is 24.4. The van der Waals surface area contributed by atoms with Crippen LogP contribution in [-0.2, 0) is 9.53 Å². The first-order chi connectivity index (χ1) is 5.83. The highest BCUT2D eigenvalue weighted by molar-refractivity contribution is 5.70. The van der Waals surface area contributed by atoms with Crippen molar-refractivity contribution in [2.24, 2.45) is 0 Å². The zero-order chi connectivity index (χ0) is 8.81. The van der Waals surface area contributed by atoms with E-state index >= 15 is 0 Å². The lowest BCUT2D eigenvalue weighted by Gasteiger charge is -2.21. The average molecular weight is 168 g/mol. The predicted octanol–water partition coefficient (Wildman–Crippen LogP) is 2.44. The summed E-state index contributed by atoms with van der Waals surface area (Å²) in [4.78, 5) is 10.9. The third-order valence-electron chi connectivity index (χ3n) is 2.10. The van der Waals surface area contributed by atoms with Crippen LogP contribution in [0.1, 0.15) is 39.0 Å². The molecule has 68 valence electrons. The van der Waals surface area contributed by atoms with E-state index < -0.39 is 0 Å². The van der Waals surface area contributed by atoms with Crippen molar-refractivity contribution in [3.8, 4) is 0 Å². The minimum Gasteiger partial charge on any atom is -0.462 e. The molecule has 1 atom stereocenters. The molecular formula is C10H16O2. The van der Waals surface area contributed by atoms with Gasteiger partial charge < -0.3 is 4.74 Å². The maximum atomic E-state index is 10.9. The Kier molecular flexibility index (Phi) is 3.85. The van der Waals surface area contributed by atoms with Crippen LogP contribution in [-0.4, -0.2) is 12.1 Å². The Morgan fingerprint density at radius 2 is 2.50 bits per heavy atom. The van der Waals surface area contributed by atoms with E-state index in [-0.39, 0.29) is 12.1 Å². The van der Waals surface area contributed by atoms with Crippen LogP contribution in [0.5, 0.6) is 0 Å². The minimum absolute atomic E-state index is 0.0215. The lowest BCUT2D eigenvalue weighted by molar-refractivity contribution is -0.153. The van der Waals surface area contributed by atoms with Crippen LogP contribution < -0.4 is 0 Å². The molecule has 0 bridgehead atoms. The second kappa shape index (κ2) is 4.96. The molecule has 1 unspecified atom stereocenters. The molecule has 1 aliphatic heterocycles. The third kappa shape index (κ3) is 3.07. The third-order valence-corrected chi connectivity index (χ3v) is 2.10. The van der Waals surface area contributed by atoms with Gasteiger partial charge in [-0.15, -0.1) is 0 Å². The number of esters is 1. The van der Waals surface area contributed by atoms with Gasteiger partial charge in [-0.3, -0.25) is 4.79 Å². The molecular weight excluding hydrogens is 152 g/mol. The molecule has 2 heteroatoms. The van der Waals surface area contributed by atoms with Crippen molar-refractivity contribution in [3.05, 3.63) is 12.2 Å². The molecule has 0 N–H and O–H groups in total. The van der Waals surface area contributed by atoms with Crippen LogP contribution in [0.3, 0.4) is 0 Å². The highest BCUT2D eigenvalue weighted by atomic mass is 16.5. The largest absolute Gasteiger partial charge is 0.462 e. The Hall–Kier alpha value is -0.790. The topological polar surface area (TPSA) is 26.3 Å². The van der Waals surface area contributed by atoms with Gasteiger partial charge in [0.05, 0.1) is 0 Å². The summed E-state index contributed by atoms with van der Waals surface area (Å²) in [5, 5.41) is 0. The summed E-state index contributed by atoms with van der Waals surface area (Å²) < 4.78 is 5.16. The molecule has 1 heterocycles. The molecule has 0 saturated carbocycles. The summed E-state index contributed by atoms with van der Waals surface area (Å²) in [7, 11) is 0. The van der Waals surface area contributed by atoms with Crippen molar-refractivity contribution < 1.29 is 9.53 Å². The van der Waals surface area contributed by atoms with Crippen molar-refractivity contribution in [2.75, 3.05) is 0 Å². The monoisotopic (exact) mass is 168 g/mol. The van der Waals surface area contributed by atoms with Crippen molar-refractivity contribution in [3.63, 3.8) is 0 Å². The van der Waals surface area contributed by atoms with E-state index in [0.717, 1.165) is 25.7 Å². The molecule has 0 aromatic heterocycles. The van der Waals surface area contributed by atoms with Crippen LogP contribution in [0.25, 0.3) is 0 Å². The van der Waals surface area contributed by atoms with Crippen LogP contribution in [0.4, 0.5) is 0 Å². The van der Waals surface area contributed by atoms with Crippen LogP contribution in [0.15, 0.2) is 12.2 Å². The van der Waals surface area contributed by atoms with Crippen LogP contribution in [0, 0.1) is 0 Å². The fourth-order valence-corrected chi connectivity index (χ4v) is 1.43. The van der Waals surface area contributed by atoms with E-state index in [1.54, 1.807) is 0 Å². The summed E-state index contributed by atoms with van der Waals surface area (Å²) in [5.41, 5.74) is 0. The number of rotatable bonds is 3. The van der Waals surface area contributed by atoms with Crippen molar-refractivity contribution >= 4 is 5.97 Å². The fourth-order valence-electron chi connectivity index (χ4n) is 1.43. The van der Waals surface area contributed by atoms with E-state index in [4.69, 9.17) is 4.74 Å². The summed E-state index contributed by atoms with van der Waals surface area (Å²) >= 11 is 0. The zero-order valence-electron chi connectivity index (χ0n) is 7.58. The van der Waals surface area contributed by atoms with Gasteiger partial charge in [-0.2, -0.15) is 0 Å². The number of hydrogen-bond acceptors (Lipinski definition) is 2. The minimum atomic E-state index is -0.0215. The summed E-state index contributed by atoms with van der Waals surface area (Å²) in [6.07, 6.45) is 8.99. The highest BCUT2D eigenvalue weighted by Crippen LogP contribution is 2.17. The van der Waals surface area contributed by atoms with E-state index in [9.17, 15) is 4.79 Å². The second-order valence-electron chi connectivity index (χ2n) is 3.15.